The maximum Gasteiger partial charge on any atom is 0.137 e. The Morgan fingerprint density at radius 1 is 0.309 bits per heavy atom. The highest BCUT2D eigenvalue weighted by Gasteiger charge is 2.26. The van der Waals surface area contributed by atoms with Crippen LogP contribution in [0.2, 0.25) is 0 Å². The molecule has 3 aromatic heterocycles. The second-order valence-corrected chi connectivity index (χ2v) is 14.8. The Balaban J connectivity index is 1.19. The molecule has 0 atom stereocenters. The van der Waals surface area contributed by atoms with Gasteiger partial charge in [0.25, 0.3) is 0 Å². The second kappa shape index (κ2) is 10.6. The molecule has 3 nitrogen and oxygen atoms in total. The fourth-order valence-corrected chi connectivity index (χ4v) is 9.79. The maximum atomic E-state index is 6.52. The van der Waals surface area contributed by atoms with E-state index in [0.29, 0.717) is 0 Å². The molecule has 254 valence electrons. The van der Waals surface area contributed by atoms with E-state index in [4.69, 9.17) is 4.42 Å². The zero-order chi connectivity index (χ0) is 35.8. The Kier molecular flexibility index (Phi) is 5.63. The van der Waals surface area contributed by atoms with E-state index in [1.165, 1.54) is 87.9 Å². The summed E-state index contributed by atoms with van der Waals surface area (Å²) in [5.74, 6) is 0. The molecule has 0 N–H and O–H groups in total. The molecular weight excluding hydrogens is 669 g/mol. The lowest BCUT2D eigenvalue weighted by Crippen LogP contribution is -1.97. The number of nitrogens with zero attached hydrogens (tertiary/aromatic N) is 2. The minimum Gasteiger partial charge on any atom is -0.456 e. The molecule has 0 amide bonds. The molecule has 0 aliphatic heterocycles. The third-order valence-electron chi connectivity index (χ3n) is 12.1. The fourth-order valence-electron chi connectivity index (χ4n) is 9.79. The van der Waals surface area contributed by atoms with Crippen molar-refractivity contribution in [2.24, 2.45) is 0 Å². The second-order valence-electron chi connectivity index (χ2n) is 14.8. The van der Waals surface area contributed by atoms with Gasteiger partial charge in [0.1, 0.15) is 11.2 Å². The van der Waals surface area contributed by atoms with Crippen LogP contribution in [0.1, 0.15) is 0 Å². The highest BCUT2D eigenvalue weighted by atomic mass is 16.3. The van der Waals surface area contributed by atoms with Crippen LogP contribution in [0.25, 0.3) is 121 Å². The van der Waals surface area contributed by atoms with E-state index < -0.39 is 0 Å². The first-order valence-corrected chi connectivity index (χ1v) is 18.9. The van der Waals surface area contributed by atoms with Gasteiger partial charge in [0, 0.05) is 38.0 Å². The van der Waals surface area contributed by atoms with Crippen LogP contribution in [0, 0.1) is 0 Å². The van der Waals surface area contributed by atoms with Crippen LogP contribution in [0.4, 0.5) is 0 Å². The van der Waals surface area contributed by atoms with Crippen LogP contribution in [0.3, 0.4) is 0 Å². The smallest absolute Gasteiger partial charge is 0.137 e. The highest BCUT2D eigenvalue weighted by molar-refractivity contribution is 6.31. The molecule has 1 aliphatic carbocycles. The topological polar surface area (TPSA) is 23.0 Å². The molecule has 12 aromatic rings. The molecule has 3 heterocycles. The van der Waals surface area contributed by atoms with E-state index in [0.717, 1.165) is 33.1 Å². The van der Waals surface area contributed by atoms with E-state index in [1.807, 2.05) is 0 Å². The van der Waals surface area contributed by atoms with Gasteiger partial charge in [0.2, 0.25) is 0 Å². The van der Waals surface area contributed by atoms with Gasteiger partial charge in [0.05, 0.1) is 33.1 Å². The summed E-state index contributed by atoms with van der Waals surface area (Å²) in [6, 6.07) is 66.4. The molecule has 0 spiro atoms. The van der Waals surface area contributed by atoms with Crippen LogP contribution in [0.5, 0.6) is 0 Å². The van der Waals surface area contributed by atoms with Crippen LogP contribution in [0.15, 0.2) is 186 Å². The van der Waals surface area contributed by atoms with Crippen molar-refractivity contribution in [3.63, 3.8) is 0 Å². The zero-order valence-electron chi connectivity index (χ0n) is 29.6. The predicted octanol–water partition coefficient (Wildman–Crippen LogP) is 14.2. The standard InChI is InChI=1S/C52H30N2O/c1-2-11-31(12-3-1)32-21-23-33(24-22-32)53-51-38(39-27-30-47-50(52(39)53)42-16-7-9-20-46(42)55-47)26-29-45-49(51)41-15-6-8-19-43(41)54(45)44-28-25-37-35-14-5-4-13-34(35)36-17-10-18-40(44)48(36)37/h1-30H. The number of para-hydroxylation sites is 2. The maximum absolute atomic E-state index is 6.52. The number of hydrogen-bond acceptors (Lipinski definition) is 1. The highest BCUT2D eigenvalue weighted by Crippen LogP contribution is 2.50. The number of aromatic nitrogens is 2. The van der Waals surface area contributed by atoms with Crippen molar-refractivity contribution in [1.82, 2.24) is 9.13 Å². The van der Waals surface area contributed by atoms with Gasteiger partial charge >= 0.3 is 0 Å². The Morgan fingerprint density at radius 2 is 0.945 bits per heavy atom. The third kappa shape index (κ3) is 3.79. The van der Waals surface area contributed by atoms with Gasteiger partial charge in [-0.15, -0.1) is 0 Å². The van der Waals surface area contributed by atoms with Gasteiger partial charge in [-0.05, 0) is 87.3 Å². The number of rotatable bonds is 3. The van der Waals surface area contributed by atoms with Crippen molar-refractivity contribution in [2.75, 3.05) is 0 Å². The monoisotopic (exact) mass is 698 g/mol. The van der Waals surface area contributed by atoms with Crippen molar-refractivity contribution < 1.29 is 4.42 Å². The molecule has 0 saturated heterocycles. The quantitative estimate of drug-likeness (QED) is 0.180. The number of fused-ring (bicyclic) bond motifs is 14. The lowest BCUT2D eigenvalue weighted by Gasteiger charge is -2.14. The van der Waals surface area contributed by atoms with Crippen LogP contribution < -0.4 is 0 Å². The summed E-state index contributed by atoms with van der Waals surface area (Å²) in [7, 11) is 0. The average molecular weight is 699 g/mol. The van der Waals surface area contributed by atoms with Crippen molar-refractivity contribution in [3.8, 4) is 44.8 Å². The lowest BCUT2D eigenvalue weighted by atomic mass is 10.0. The van der Waals surface area contributed by atoms with Crippen LogP contribution in [-0.2, 0) is 0 Å². The van der Waals surface area contributed by atoms with Crippen molar-refractivity contribution in [2.45, 2.75) is 0 Å². The number of furan rings is 1. The molecule has 1 aliphatic rings. The molecule has 0 fully saturated rings. The van der Waals surface area contributed by atoms with Crippen molar-refractivity contribution in [1.29, 1.82) is 0 Å². The first-order chi connectivity index (χ1) is 27.3. The normalized spacial score (nSPS) is 12.4. The van der Waals surface area contributed by atoms with Gasteiger partial charge in [-0.25, -0.2) is 0 Å². The van der Waals surface area contributed by atoms with Crippen LogP contribution >= 0.6 is 0 Å². The summed E-state index contributed by atoms with van der Waals surface area (Å²) in [5, 5.41) is 9.76. The Morgan fingerprint density at radius 3 is 1.78 bits per heavy atom. The van der Waals surface area contributed by atoms with Gasteiger partial charge in [-0.3, -0.25) is 0 Å². The molecular formula is C52H30N2O. The fraction of sp³-hybridized carbons (Fsp3) is 0. The van der Waals surface area contributed by atoms with Gasteiger partial charge in [-0.1, -0.05) is 133 Å². The SMILES string of the molecule is c1ccc(-c2ccc(-n3c4c(ccc5oc6ccccc6c54)c4ccc5c(c6ccccc6n5-c5ccc6c7c(cccc57)-c5ccccc5-6)c43)cc2)cc1. The summed E-state index contributed by atoms with van der Waals surface area (Å²) < 4.78 is 11.5. The first-order valence-electron chi connectivity index (χ1n) is 18.9. The van der Waals surface area contributed by atoms with E-state index in [9.17, 15) is 0 Å². The molecule has 0 unspecified atom stereocenters. The summed E-state index contributed by atoms with van der Waals surface area (Å²) in [6.45, 7) is 0. The molecule has 13 rings (SSSR count). The summed E-state index contributed by atoms with van der Waals surface area (Å²) in [6.07, 6.45) is 0. The van der Waals surface area contributed by atoms with Crippen molar-refractivity contribution >= 4 is 76.3 Å². The average Bonchev–Trinajstić information content (AvgIpc) is 3.99. The van der Waals surface area contributed by atoms with Gasteiger partial charge in [-0.2, -0.15) is 0 Å². The molecule has 0 radical (unpaired) electrons. The van der Waals surface area contributed by atoms with Gasteiger partial charge < -0.3 is 13.6 Å². The minimum atomic E-state index is 0.895. The first kappa shape index (κ1) is 29.1. The molecule has 9 aromatic carbocycles. The van der Waals surface area contributed by atoms with Crippen molar-refractivity contribution in [3.05, 3.63) is 182 Å². The largest absolute Gasteiger partial charge is 0.456 e. The number of hydrogen-bond donors (Lipinski definition) is 0. The summed E-state index contributed by atoms with van der Waals surface area (Å²) in [5.41, 5.74) is 16.5. The van der Waals surface area contributed by atoms with E-state index >= 15 is 0 Å². The molecule has 3 heteroatoms. The lowest BCUT2D eigenvalue weighted by molar-refractivity contribution is 0.669. The van der Waals surface area contributed by atoms with E-state index in [-0.39, 0.29) is 0 Å². The molecule has 55 heavy (non-hydrogen) atoms. The number of benzene rings is 9. The Bertz CT molecular complexity index is 3550. The molecule has 0 bridgehead atoms. The van der Waals surface area contributed by atoms with Crippen LogP contribution in [-0.4, -0.2) is 9.13 Å². The Hall–Kier alpha value is -7.36. The predicted molar refractivity (Wildman–Crippen MR) is 230 cm³/mol. The Labute approximate surface area is 315 Å². The molecule has 0 saturated carbocycles. The van der Waals surface area contributed by atoms with Gasteiger partial charge in [0.15, 0.2) is 0 Å². The zero-order valence-corrected chi connectivity index (χ0v) is 29.6. The third-order valence-corrected chi connectivity index (χ3v) is 12.1. The summed E-state index contributed by atoms with van der Waals surface area (Å²) in [4.78, 5) is 0. The minimum absolute atomic E-state index is 0.895. The summed E-state index contributed by atoms with van der Waals surface area (Å²) >= 11 is 0. The van der Waals surface area contributed by atoms with E-state index in [2.05, 4.69) is 191 Å². The van der Waals surface area contributed by atoms with E-state index in [1.54, 1.807) is 0 Å².